The lowest BCUT2D eigenvalue weighted by Gasteiger charge is -2.10. The van der Waals surface area contributed by atoms with Crippen molar-refractivity contribution >= 4 is 44.0 Å². The molecule has 7 nitrogen and oxygen atoms in total. The van der Waals surface area contributed by atoms with Gasteiger partial charge in [-0.15, -0.1) is 11.3 Å². The monoisotopic (exact) mass is 488 g/mol. The Labute approximate surface area is 200 Å². The summed E-state index contributed by atoms with van der Waals surface area (Å²) >= 11 is 1.47. The number of benzene rings is 3. The second kappa shape index (κ2) is 9.22. The molecule has 0 aliphatic heterocycles. The summed E-state index contributed by atoms with van der Waals surface area (Å²) in [6, 6.07) is 24.9. The molecule has 2 N–H and O–H groups in total. The van der Waals surface area contributed by atoms with Crippen molar-refractivity contribution in [2.24, 2.45) is 0 Å². The van der Waals surface area contributed by atoms with Crippen LogP contribution in [0, 0.1) is 0 Å². The SMILES string of the molecule is O=C(Nc1ccc(-n2cnc3ccccc32)cc1)c1cccc(S(=O)(=O)NCc2cccs2)c1. The van der Waals surface area contributed by atoms with E-state index in [-0.39, 0.29) is 17.0 Å². The number of thiophene rings is 1. The Bertz CT molecular complexity index is 1560. The molecule has 34 heavy (non-hydrogen) atoms. The van der Waals surface area contributed by atoms with E-state index in [2.05, 4.69) is 15.0 Å². The molecule has 2 aromatic heterocycles. The second-order valence-corrected chi connectivity index (χ2v) is 10.3. The van der Waals surface area contributed by atoms with E-state index in [4.69, 9.17) is 0 Å². The van der Waals surface area contributed by atoms with E-state index in [1.165, 1.54) is 23.5 Å². The number of hydrogen-bond acceptors (Lipinski definition) is 5. The van der Waals surface area contributed by atoms with Crippen molar-refractivity contribution in [2.45, 2.75) is 11.4 Å². The third-order valence-corrected chi connectivity index (χ3v) is 7.56. The first-order valence-electron chi connectivity index (χ1n) is 10.5. The highest BCUT2D eigenvalue weighted by Gasteiger charge is 2.16. The molecular formula is C25H20N4O3S2. The number of anilines is 1. The number of carbonyl (C=O) groups excluding carboxylic acids is 1. The van der Waals surface area contributed by atoms with Gasteiger partial charge in [-0.1, -0.05) is 24.3 Å². The van der Waals surface area contributed by atoms with Crippen LogP contribution in [0.4, 0.5) is 5.69 Å². The summed E-state index contributed by atoms with van der Waals surface area (Å²) in [5, 5.41) is 4.71. The first-order valence-corrected chi connectivity index (χ1v) is 12.8. The van der Waals surface area contributed by atoms with Gasteiger partial charge in [-0.2, -0.15) is 0 Å². The minimum atomic E-state index is -3.75. The minimum Gasteiger partial charge on any atom is -0.322 e. The molecule has 0 saturated carbocycles. The smallest absolute Gasteiger partial charge is 0.255 e. The van der Waals surface area contributed by atoms with Crippen molar-refractivity contribution in [1.29, 1.82) is 0 Å². The summed E-state index contributed by atoms with van der Waals surface area (Å²) in [6.07, 6.45) is 1.76. The van der Waals surface area contributed by atoms with Gasteiger partial charge in [0.2, 0.25) is 10.0 Å². The van der Waals surface area contributed by atoms with Gasteiger partial charge >= 0.3 is 0 Å². The van der Waals surface area contributed by atoms with Crippen molar-refractivity contribution in [1.82, 2.24) is 14.3 Å². The summed E-state index contributed by atoms with van der Waals surface area (Å²) in [5.41, 5.74) is 3.66. The van der Waals surface area contributed by atoms with Crippen LogP contribution in [-0.2, 0) is 16.6 Å². The number of amides is 1. The van der Waals surface area contributed by atoms with Crippen LogP contribution in [0.5, 0.6) is 0 Å². The maximum absolute atomic E-state index is 12.8. The average molecular weight is 489 g/mol. The van der Waals surface area contributed by atoms with Gasteiger partial charge < -0.3 is 5.32 Å². The van der Waals surface area contributed by atoms with Gasteiger partial charge in [0.15, 0.2) is 0 Å². The van der Waals surface area contributed by atoms with E-state index >= 15 is 0 Å². The normalized spacial score (nSPS) is 11.5. The van der Waals surface area contributed by atoms with Gasteiger partial charge in [-0.25, -0.2) is 18.1 Å². The highest BCUT2D eigenvalue weighted by Crippen LogP contribution is 2.20. The molecule has 0 aliphatic carbocycles. The average Bonchev–Trinajstić information content (AvgIpc) is 3.54. The number of hydrogen-bond donors (Lipinski definition) is 2. The summed E-state index contributed by atoms with van der Waals surface area (Å²) in [6.45, 7) is 0.203. The maximum atomic E-state index is 12.8. The number of nitrogens with zero attached hydrogens (tertiary/aromatic N) is 2. The number of aromatic nitrogens is 2. The van der Waals surface area contributed by atoms with Crippen LogP contribution in [-0.4, -0.2) is 23.9 Å². The fourth-order valence-corrected chi connectivity index (χ4v) is 5.33. The Morgan fingerprint density at radius 2 is 1.76 bits per heavy atom. The molecule has 1 amide bonds. The Hall–Kier alpha value is -3.79. The van der Waals surface area contributed by atoms with Gasteiger partial charge in [-0.05, 0) is 66.0 Å². The molecule has 0 unspecified atom stereocenters. The predicted octanol–water partition coefficient (Wildman–Crippen LogP) is 4.82. The van der Waals surface area contributed by atoms with Crippen molar-refractivity contribution in [2.75, 3.05) is 5.32 Å². The van der Waals surface area contributed by atoms with Crippen molar-refractivity contribution < 1.29 is 13.2 Å². The van der Waals surface area contributed by atoms with Crippen LogP contribution in [0.3, 0.4) is 0 Å². The minimum absolute atomic E-state index is 0.0408. The van der Waals surface area contributed by atoms with Crippen molar-refractivity contribution in [3.8, 4) is 5.69 Å². The third-order valence-electron chi connectivity index (χ3n) is 5.28. The van der Waals surface area contributed by atoms with Crippen LogP contribution in [0.15, 0.2) is 102 Å². The molecule has 0 saturated heterocycles. The molecule has 0 spiro atoms. The van der Waals surface area contributed by atoms with Crippen molar-refractivity contribution in [3.63, 3.8) is 0 Å². The highest BCUT2D eigenvalue weighted by molar-refractivity contribution is 7.89. The molecule has 5 aromatic rings. The maximum Gasteiger partial charge on any atom is 0.255 e. The van der Waals surface area contributed by atoms with E-state index in [1.807, 2.05) is 58.5 Å². The number of fused-ring (bicyclic) bond motifs is 1. The van der Waals surface area contributed by atoms with Crippen molar-refractivity contribution in [3.05, 3.63) is 107 Å². The van der Waals surface area contributed by atoms with E-state index in [1.54, 1.807) is 30.6 Å². The summed E-state index contributed by atoms with van der Waals surface area (Å²) in [5.74, 6) is -0.392. The fraction of sp³-hybridized carbons (Fsp3) is 0.0400. The highest BCUT2D eigenvalue weighted by atomic mass is 32.2. The van der Waals surface area contributed by atoms with Gasteiger partial charge in [0.25, 0.3) is 5.91 Å². The molecule has 170 valence electrons. The zero-order valence-corrected chi connectivity index (χ0v) is 19.5. The third kappa shape index (κ3) is 4.62. The van der Waals surface area contributed by atoms with Gasteiger partial charge in [0.05, 0.1) is 15.9 Å². The molecular weight excluding hydrogens is 468 g/mol. The molecule has 0 fully saturated rings. The number of imidazole rings is 1. The number of nitrogens with one attached hydrogen (secondary N) is 2. The predicted molar refractivity (Wildman–Crippen MR) is 134 cm³/mol. The molecule has 5 rings (SSSR count). The topological polar surface area (TPSA) is 93.1 Å². The quantitative estimate of drug-likeness (QED) is 0.344. The molecule has 0 atom stereocenters. The first-order chi connectivity index (χ1) is 16.5. The van der Waals surface area contributed by atoms with E-state index in [0.717, 1.165) is 21.6 Å². The van der Waals surface area contributed by atoms with E-state index in [0.29, 0.717) is 5.69 Å². The molecule has 9 heteroatoms. The number of para-hydroxylation sites is 2. The Kier molecular flexibility index (Phi) is 5.97. The van der Waals surface area contributed by atoms with E-state index < -0.39 is 15.9 Å². The molecule has 0 radical (unpaired) electrons. The Morgan fingerprint density at radius 1 is 0.941 bits per heavy atom. The first kappa shape index (κ1) is 22.0. The molecule has 2 heterocycles. The molecule has 0 bridgehead atoms. The van der Waals surface area contributed by atoms with Crippen LogP contribution >= 0.6 is 11.3 Å². The van der Waals surface area contributed by atoms with Gasteiger partial charge in [0, 0.05) is 28.4 Å². The number of sulfonamides is 1. The summed E-state index contributed by atoms with van der Waals surface area (Å²) in [7, 11) is -3.75. The number of rotatable bonds is 7. The largest absolute Gasteiger partial charge is 0.322 e. The lowest BCUT2D eigenvalue weighted by atomic mass is 10.2. The lowest BCUT2D eigenvalue weighted by Crippen LogP contribution is -2.23. The van der Waals surface area contributed by atoms with Gasteiger partial charge in [-0.3, -0.25) is 9.36 Å². The molecule has 0 aliphatic rings. The second-order valence-electron chi connectivity index (χ2n) is 7.54. The van der Waals surface area contributed by atoms with Crippen LogP contribution in [0.2, 0.25) is 0 Å². The Balaban J connectivity index is 1.30. The van der Waals surface area contributed by atoms with E-state index in [9.17, 15) is 13.2 Å². The standard InChI is InChI=1S/C25H20N4O3S2/c30-25(18-5-3-7-22(15-18)34(31,32)27-16-21-6-4-14-33-21)28-19-10-12-20(13-11-19)29-17-26-23-8-1-2-9-24(23)29/h1-15,17,27H,16H2,(H,28,30). The van der Waals surface area contributed by atoms with Gasteiger partial charge in [0.1, 0.15) is 6.33 Å². The molecule has 3 aromatic carbocycles. The fourth-order valence-electron chi connectivity index (χ4n) is 3.54. The van der Waals surface area contributed by atoms with Crippen LogP contribution in [0.25, 0.3) is 16.7 Å². The summed E-state index contributed by atoms with van der Waals surface area (Å²) < 4.78 is 29.9. The number of carbonyl (C=O) groups is 1. The zero-order chi connectivity index (χ0) is 23.5. The Morgan fingerprint density at radius 3 is 2.56 bits per heavy atom. The van der Waals surface area contributed by atoms with Crippen LogP contribution in [0.1, 0.15) is 15.2 Å². The zero-order valence-electron chi connectivity index (χ0n) is 17.9. The lowest BCUT2D eigenvalue weighted by molar-refractivity contribution is 0.102. The summed E-state index contributed by atoms with van der Waals surface area (Å²) in [4.78, 5) is 18.1. The van der Waals surface area contributed by atoms with Crippen LogP contribution < -0.4 is 10.0 Å².